The third kappa shape index (κ3) is 4.36. The Morgan fingerprint density at radius 1 is 1.00 bits per heavy atom. The first-order chi connectivity index (χ1) is 18.1. The first kappa shape index (κ1) is 23.0. The van der Waals surface area contributed by atoms with Crippen LogP contribution in [-0.4, -0.2) is 31.8 Å². The molecule has 0 spiro atoms. The monoisotopic (exact) mass is 511 g/mol. The fraction of sp³-hybridized carbons (Fsp3) is 0.143. The van der Waals surface area contributed by atoms with Crippen molar-refractivity contribution in [1.29, 1.82) is 0 Å². The average Bonchev–Trinajstić information content (AvgIpc) is 3.32. The highest BCUT2D eigenvalue weighted by atomic mass is 35.5. The van der Waals surface area contributed by atoms with Gasteiger partial charge in [-0.3, -0.25) is 14.2 Å². The summed E-state index contributed by atoms with van der Waals surface area (Å²) in [4.78, 5) is 30.8. The number of halogens is 1. The lowest BCUT2D eigenvalue weighted by Crippen LogP contribution is -2.34. The molecule has 2 aromatic heterocycles. The topological polar surface area (TPSA) is 91.0 Å². The lowest BCUT2D eigenvalue weighted by molar-refractivity contribution is -0.121. The number of ether oxygens (including phenoxy) is 1. The quantitative estimate of drug-likeness (QED) is 0.366. The standard InChI is InChI=1S/C28H22ClN5O3/c29-19-7-5-6-18(14-19)16-33-17-31-26-22(28(33)36)15-32-34(26)13-12-30-27(35)25-20-8-1-3-10-23(20)37-24-11-4-2-9-21(24)25/h1-11,14-15,17,25H,12-13,16H2,(H,30,35). The van der Waals surface area contributed by atoms with Gasteiger partial charge >= 0.3 is 0 Å². The Hall–Kier alpha value is -4.43. The lowest BCUT2D eigenvalue weighted by atomic mass is 9.87. The zero-order valence-electron chi connectivity index (χ0n) is 19.7. The van der Waals surface area contributed by atoms with Crippen LogP contribution in [0.5, 0.6) is 11.5 Å². The Balaban J connectivity index is 1.18. The van der Waals surface area contributed by atoms with Crippen molar-refractivity contribution >= 4 is 28.5 Å². The molecule has 5 aromatic rings. The van der Waals surface area contributed by atoms with Crippen molar-refractivity contribution in [3.8, 4) is 11.5 Å². The molecule has 1 aliphatic rings. The van der Waals surface area contributed by atoms with Gasteiger partial charge in [-0.05, 0) is 29.8 Å². The van der Waals surface area contributed by atoms with Gasteiger partial charge in [-0.2, -0.15) is 5.10 Å². The first-order valence-electron chi connectivity index (χ1n) is 11.9. The van der Waals surface area contributed by atoms with Gasteiger partial charge < -0.3 is 10.1 Å². The molecule has 0 fully saturated rings. The molecule has 1 amide bonds. The van der Waals surface area contributed by atoms with Crippen molar-refractivity contribution in [1.82, 2.24) is 24.6 Å². The molecule has 184 valence electrons. The highest BCUT2D eigenvalue weighted by molar-refractivity contribution is 6.30. The van der Waals surface area contributed by atoms with Gasteiger partial charge in [0.2, 0.25) is 5.91 Å². The van der Waals surface area contributed by atoms with Gasteiger partial charge in [0, 0.05) is 22.7 Å². The van der Waals surface area contributed by atoms with E-state index in [1.54, 1.807) is 10.7 Å². The second kappa shape index (κ2) is 9.55. The van der Waals surface area contributed by atoms with Crippen molar-refractivity contribution in [2.75, 3.05) is 6.54 Å². The number of benzene rings is 3. The maximum atomic E-state index is 13.3. The summed E-state index contributed by atoms with van der Waals surface area (Å²) in [7, 11) is 0. The fourth-order valence-corrected chi connectivity index (χ4v) is 4.90. The zero-order valence-corrected chi connectivity index (χ0v) is 20.4. The molecule has 1 aliphatic heterocycles. The molecule has 37 heavy (non-hydrogen) atoms. The summed E-state index contributed by atoms with van der Waals surface area (Å²) in [5.41, 5.74) is 2.84. The third-order valence-electron chi connectivity index (χ3n) is 6.43. The fourth-order valence-electron chi connectivity index (χ4n) is 4.69. The Labute approximate surface area is 217 Å². The minimum absolute atomic E-state index is 0.128. The number of aromatic nitrogens is 4. The van der Waals surface area contributed by atoms with E-state index in [0.29, 0.717) is 47.2 Å². The molecule has 0 radical (unpaired) electrons. The molecule has 0 bridgehead atoms. The van der Waals surface area contributed by atoms with Crippen LogP contribution in [0, 0.1) is 0 Å². The molecule has 9 heteroatoms. The molecular formula is C28H22ClN5O3. The number of rotatable bonds is 6. The molecule has 6 rings (SSSR count). The number of nitrogens with one attached hydrogen (secondary N) is 1. The van der Waals surface area contributed by atoms with Crippen LogP contribution in [0.3, 0.4) is 0 Å². The number of para-hydroxylation sites is 2. The van der Waals surface area contributed by atoms with Gasteiger partial charge in [0.15, 0.2) is 5.65 Å². The SMILES string of the molecule is O=C(NCCn1ncc2c(=O)n(Cc3cccc(Cl)c3)cnc21)C1c2ccccc2Oc2ccccc21. The van der Waals surface area contributed by atoms with E-state index in [1.807, 2.05) is 66.7 Å². The maximum Gasteiger partial charge on any atom is 0.264 e. The Morgan fingerprint density at radius 3 is 2.46 bits per heavy atom. The van der Waals surface area contributed by atoms with Crippen LogP contribution in [0.2, 0.25) is 5.02 Å². The summed E-state index contributed by atoms with van der Waals surface area (Å²) in [6.45, 7) is 1.05. The van der Waals surface area contributed by atoms with Crippen molar-refractivity contribution in [2.24, 2.45) is 0 Å². The number of carbonyl (C=O) groups is 1. The van der Waals surface area contributed by atoms with Crippen molar-refractivity contribution in [3.05, 3.63) is 117 Å². The molecule has 0 atom stereocenters. The van der Waals surface area contributed by atoms with E-state index >= 15 is 0 Å². The summed E-state index contributed by atoms with van der Waals surface area (Å²) in [6.07, 6.45) is 3.03. The van der Waals surface area contributed by atoms with E-state index < -0.39 is 5.92 Å². The number of nitrogens with zero attached hydrogens (tertiary/aromatic N) is 4. The second-order valence-electron chi connectivity index (χ2n) is 8.81. The highest BCUT2D eigenvalue weighted by Crippen LogP contribution is 2.43. The summed E-state index contributed by atoms with van der Waals surface area (Å²) in [5.74, 6) is 0.749. The van der Waals surface area contributed by atoms with Gasteiger partial charge in [0.05, 0.1) is 25.2 Å². The van der Waals surface area contributed by atoms with E-state index in [9.17, 15) is 9.59 Å². The zero-order chi connectivity index (χ0) is 25.4. The summed E-state index contributed by atoms with van der Waals surface area (Å²) < 4.78 is 9.15. The van der Waals surface area contributed by atoms with Crippen LogP contribution in [0.25, 0.3) is 11.0 Å². The largest absolute Gasteiger partial charge is 0.457 e. The van der Waals surface area contributed by atoms with E-state index in [4.69, 9.17) is 16.3 Å². The molecule has 0 saturated carbocycles. The second-order valence-corrected chi connectivity index (χ2v) is 9.25. The highest BCUT2D eigenvalue weighted by Gasteiger charge is 2.32. The van der Waals surface area contributed by atoms with Gasteiger partial charge in [-0.1, -0.05) is 60.1 Å². The molecule has 3 aromatic carbocycles. The molecule has 0 saturated heterocycles. The Bertz CT molecular complexity index is 1650. The van der Waals surface area contributed by atoms with Gasteiger partial charge in [-0.15, -0.1) is 0 Å². The van der Waals surface area contributed by atoms with Crippen LogP contribution in [0.15, 0.2) is 90.1 Å². The summed E-state index contributed by atoms with van der Waals surface area (Å²) in [6, 6.07) is 22.5. The predicted octanol–water partition coefficient (Wildman–Crippen LogP) is 4.35. The van der Waals surface area contributed by atoms with Crippen LogP contribution < -0.4 is 15.6 Å². The van der Waals surface area contributed by atoms with E-state index in [-0.39, 0.29) is 11.5 Å². The predicted molar refractivity (Wildman–Crippen MR) is 140 cm³/mol. The van der Waals surface area contributed by atoms with Gasteiger partial charge in [0.1, 0.15) is 23.2 Å². The number of hydrogen-bond donors (Lipinski definition) is 1. The Morgan fingerprint density at radius 2 is 1.73 bits per heavy atom. The van der Waals surface area contributed by atoms with E-state index in [0.717, 1.165) is 16.7 Å². The van der Waals surface area contributed by atoms with Crippen molar-refractivity contribution < 1.29 is 9.53 Å². The van der Waals surface area contributed by atoms with Crippen molar-refractivity contribution in [2.45, 2.75) is 19.0 Å². The normalized spacial score (nSPS) is 12.6. The van der Waals surface area contributed by atoms with Crippen LogP contribution in [0.4, 0.5) is 0 Å². The van der Waals surface area contributed by atoms with Gasteiger partial charge in [-0.25, -0.2) is 9.67 Å². The van der Waals surface area contributed by atoms with Gasteiger partial charge in [0.25, 0.3) is 5.56 Å². The molecule has 0 aliphatic carbocycles. The van der Waals surface area contributed by atoms with Crippen LogP contribution in [0.1, 0.15) is 22.6 Å². The van der Waals surface area contributed by atoms with Crippen LogP contribution in [-0.2, 0) is 17.9 Å². The van der Waals surface area contributed by atoms with Crippen molar-refractivity contribution in [3.63, 3.8) is 0 Å². The molecule has 0 unspecified atom stereocenters. The first-order valence-corrected chi connectivity index (χ1v) is 12.2. The van der Waals surface area contributed by atoms with E-state index in [1.165, 1.54) is 17.1 Å². The summed E-state index contributed by atoms with van der Waals surface area (Å²) >= 11 is 6.07. The Kier molecular flexibility index (Phi) is 5.94. The number of fused-ring (bicyclic) bond motifs is 3. The number of carbonyl (C=O) groups excluding carboxylic acids is 1. The smallest absolute Gasteiger partial charge is 0.264 e. The minimum atomic E-state index is -0.479. The third-order valence-corrected chi connectivity index (χ3v) is 6.66. The summed E-state index contributed by atoms with van der Waals surface area (Å²) in [5, 5.41) is 8.40. The number of hydrogen-bond acceptors (Lipinski definition) is 5. The lowest BCUT2D eigenvalue weighted by Gasteiger charge is -2.27. The molecule has 1 N–H and O–H groups in total. The molecular weight excluding hydrogens is 490 g/mol. The van der Waals surface area contributed by atoms with Crippen LogP contribution >= 0.6 is 11.6 Å². The molecule has 3 heterocycles. The molecule has 8 nitrogen and oxygen atoms in total. The minimum Gasteiger partial charge on any atom is -0.457 e. The maximum absolute atomic E-state index is 13.3. The number of amides is 1. The van der Waals surface area contributed by atoms with E-state index in [2.05, 4.69) is 15.4 Å². The average molecular weight is 512 g/mol.